The molecule has 0 heterocycles. The molecule has 21 heavy (non-hydrogen) atoms. The molecule has 1 aromatic rings. The number of ether oxygens (including phenoxy) is 4. The van der Waals surface area contributed by atoms with Gasteiger partial charge in [0.2, 0.25) is 5.75 Å². The molecule has 7 nitrogen and oxygen atoms in total. The van der Waals surface area contributed by atoms with Crippen LogP contribution in [0.1, 0.15) is 10.4 Å². The summed E-state index contributed by atoms with van der Waals surface area (Å²) in [7, 11) is 6.01. The molecular weight excluding hydrogens is 276 g/mol. The molecule has 1 aromatic carbocycles. The van der Waals surface area contributed by atoms with Crippen molar-refractivity contribution in [2.24, 2.45) is 5.73 Å². The summed E-state index contributed by atoms with van der Waals surface area (Å²) in [6.07, 6.45) is 0. The highest BCUT2D eigenvalue weighted by Crippen LogP contribution is 2.39. The van der Waals surface area contributed by atoms with Gasteiger partial charge in [0.15, 0.2) is 11.5 Å². The number of hydrogen-bond donors (Lipinski definition) is 2. The quantitative estimate of drug-likeness (QED) is 0.722. The van der Waals surface area contributed by atoms with E-state index in [2.05, 4.69) is 5.32 Å². The first-order chi connectivity index (χ1) is 10.1. The molecule has 0 radical (unpaired) electrons. The van der Waals surface area contributed by atoms with Gasteiger partial charge in [-0.05, 0) is 12.1 Å². The molecule has 1 rings (SSSR count). The number of nitrogens with two attached hydrogens (primary N) is 1. The van der Waals surface area contributed by atoms with E-state index >= 15 is 0 Å². The number of amides is 1. The molecule has 0 aromatic heterocycles. The van der Waals surface area contributed by atoms with E-state index in [1.807, 2.05) is 0 Å². The maximum Gasteiger partial charge on any atom is 0.255 e. The predicted octanol–water partition coefficient (Wildman–Crippen LogP) is 0.416. The maximum atomic E-state index is 12.3. The van der Waals surface area contributed by atoms with Gasteiger partial charge in [-0.2, -0.15) is 0 Å². The smallest absolute Gasteiger partial charge is 0.255 e. The van der Waals surface area contributed by atoms with Crippen LogP contribution in [0.25, 0.3) is 0 Å². The summed E-state index contributed by atoms with van der Waals surface area (Å²) in [5.74, 6) is 0.838. The third kappa shape index (κ3) is 3.99. The number of rotatable bonds is 8. The molecule has 1 unspecified atom stereocenters. The number of benzene rings is 1. The third-order valence-electron chi connectivity index (χ3n) is 2.94. The van der Waals surface area contributed by atoms with Crippen molar-refractivity contribution in [3.63, 3.8) is 0 Å². The van der Waals surface area contributed by atoms with Gasteiger partial charge in [0.1, 0.15) is 0 Å². The minimum Gasteiger partial charge on any atom is -0.493 e. The topological polar surface area (TPSA) is 92.0 Å². The highest BCUT2D eigenvalue weighted by atomic mass is 16.5. The normalized spacial score (nSPS) is 11.7. The zero-order valence-electron chi connectivity index (χ0n) is 12.8. The standard InChI is InChI=1S/C14H22N2O5/c1-18-8-9(7-15)16-14(17)10-5-6-11(19-2)13(21-4)12(10)20-3/h5-6,9H,7-8,15H2,1-4H3,(H,16,17). The van der Waals surface area contributed by atoms with Crippen LogP contribution in [0.3, 0.4) is 0 Å². The monoisotopic (exact) mass is 298 g/mol. The Kier molecular flexibility index (Phi) is 6.77. The average molecular weight is 298 g/mol. The molecule has 1 atom stereocenters. The number of methoxy groups -OCH3 is 4. The summed E-state index contributed by atoms with van der Waals surface area (Å²) >= 11 is 0. The molecule has 0 aliphatic carbocycles. The fourth-order valence-electron chi connectivity index (χ4n) is 1.91. The van der Waals surface area contributed by atoms with Crippen molar-refractivity contribution in [3.05, 3.63) is 17.7 Å². The minimum absolute atomic E-state index is 0.273. The Bertz CT molecular complexity index is 479. The van der Waals surface area contributed by atoms with E-state index in [1.54, 1.807) is 19.2 Å². The first-order valence-corrected chi connectivity index (χ1v) is 6.41. The van der Waals surface area contributed by atoms with Crippen molar-refractivity contribution >= 4 is 5.91 Å². The second kappa shape index (κ2) is 8.33. The Labute approximate surface area is 124 Å². The first kappa shape index (κ1) is 17.1. The van der Waals surface area contributed by atoms with Crippen molar-refractivity contribution in [1.29, 1.82) is 0 Å². The summed E-state index contributed by atoms with van der Waals surface area (Å²) in [5.41, 5.74) is 5.92. The zero-order valence-corrected chi connectivity index (χ0v) is 12.8. The van der Waals surface area contributed by atoms with Crippen molar-refractivity contribution in [3.8, 4) is 17.2 Å². The zero-order chi connectivity index (χ0) is 15.8. The van der Waals surface area contributed by atoms with Gasteiger partial charge in [-0.15, -0.1) is 0 Å². The van der Waals surface area contributed by atoms with Crippen LogP contribution >= 0.6 is 0 Å². The van der Waals surface area contributed by atoms with E-state index < -0.39 is 0 Å². The molecular formula is C14H22N2O5. The van der Waals surface area contributed by atoms with Gasteiger partial charge in [0, 0.05) is 13.7 Å². The molecule has 0 aliphatic heterocycles. The van der Waals surface area contributed by atoms with E-state index in [1.165, 1.54) is 21.3 Å². The van der Waals surface area contributed by atoms with Crippen LogP contribution in [-0.4, -0.2) is 53.5 Å². The van der Waals surface area contributed by atoms with Crippen LogP contribution < -0.4 is 25.3 Å². The number of hydrogen-bond acceptors (Lipinski definition) is 6. The van der Waals surface area contributed by atoms with Gasteiger partial charge in [-0.3, -0.25) is 4.79 Å². The SMILES string of the molecule is COCC(CN)NC(=O)c1ccc(OC)c(OC)c1OC. The van der Waals surface area contributed by atoms with Crippen LogP contribution in [0.2, 0.25) is 0 Å². The lowest BCUT2D eigenvalue weighted by Crippen LogP contribution is -2.43. The van der Waals surface area contributed by atoms with Crippen LogP contribution in [0, 0.1) is 0 Å². The molecule has 118 valence electrons. The summed E-state index contributed by atoms with van der Waals surface area (Å²) in [6.45, 7) is 0.604. The summed E-state index contributed by atoms with van der Waals surface area (Å²) in [4.78, 5) is 12.3. The highest BCUT2D eigenvalue weighted by molar-refractivity contribution is 5.98. The Balaban J connectivity index is 3.09. The van der Waals surface area contributed by atoms with Crippen molar-refractivity contribution < 1.29 is 23.7 Å². The predicted molar refractivity (Wildman–Crippen MR) is 78.3 cm³/mol. The average Bonchev–Trinajstić information content (AvgIpc) is 2.52. The lowest BCUT2D eigenvalue weighted by molar-refractivity contribution is 0.0897. The fraction of sp³-hybridized carbons (Fsp3) is 0.500. The summed E-state index contributed by atoms with van der Waals surface area (Å²) in [6, 6.07) is 2.97. The van der Waals surface area contributed by atoms with Crippen LogP contribution in [0.5, 0.6) is 17.2 Å². The van der Waals surface area contributed by atoms with Crippen molar-refractivity contribution in [2.75, 3.05) is 41.6 Å². The second-order valence-electron chi connectivity index (χ2n) is 4.24. The molecule has 1 amide bonds. The Hall–Kier alpha value is -1.99. The summed E-state index contributed by atoms with van der Waals surface area (Å²) < 4.78 is 20.7. The molecule has 7 heteroatoms. The van der Waals surface area contributed by atoms with Gasteiger partial charge >= 0.3 is 0 Å². The molecule has 0 bridgehead atoms. The van der Waals surface area contributed by atoms with Crippen molar-refractivity contribution in [2.45, 2.75) is 6.04 Å². The largest absolute Gasteiger partial charge is 0.493 e. The van der Waals surface area contributed by atoms with Gasteiger partial charge < -0.3 is 30.0 Å². The molecule has 3 N–H and O–H groups in total. The number of nitrogens with one attached hydrogen (secondary N) is 1. The van der Waals surface area contributed by atoms with Crippen LogP contribution in [0.4, 0.5) is 0 Å². The van der Waals surface area contributed by atoms with Gasteiger partial charge in [0.25, 0.3) is 5.91 Å². The van der Waals surface area contributed by atoms with E-state index in [0.717, 1.165) is 0 Å². The van der Waals surface area contributed by atoms with Crippen molar-refractivity contribution in [1.82, 2.24) is 5.32 Å². The lowest BCUT2D eigenvalue weighted by Gasteiger charge is -2.19. The van der Waals surface area contributed by atoms with Gasteiger partial charge in [-0.25, -0.2) is 0 Å². The maximum absolute atomic E-state index is 12.3. The molecule has 0 aliphatic rings. The lowest BCUT2D eigenvalue weighted by atomic mass is 10.1. The second-order valence-corrected chi connectivity index (χ2v) is 4.24. The van der Waals surface area contributed by atoms with Gasteiger partial charge in [0.05, 0.1) is 39.5 Å². The fourth-order valence-corrected chi connectivity index (χ4v) is 1.91. The molecule has 0 spiro atoms. The number of carbonyl (C=O) groups is 1. The van der Waals surface area contributed by atoms with Crippen LogP contribution in [0.15, 0.2) is 12.1 Å². The highest BCUT2D eigenvalue weighted by Gasteiger charge is 2.22. The van der Waals surface area contributed by atoms with E-state index in [4.69, 9.17) is 24.7 Å². The Morgan fingerprint density at radius 2 is 1.81 bits per heavy atom. The Morgan fingerprint density at radius 3 is 2.29 bits per heavy atom. The molecule has 0 fully saturated rings. The molecule has 0 saturated heterocycles. The van der Waals surface area contributed by atoms with E-state index in [0.29, 0.717) is 29.4 Å². The Morgan fingerprint density at radius 1 is 1.14 bits per heavy atom. The minimum atomic E-state index is -0.319. The van der Waals surface area contributed by atoms with Crippen LogP contribution in [-0.2, 0) is 4.74 Å². The van der Waals surface area contributed by atoms with E-state index in [9.17, 15) is 4.79 Å². The van der Waals surface area contributed by atoms with Gasteiger partial charge in [-0.1, -0.05) is 0 Å². The first-order valence-electron chi connectivity index (χ1n) is 6.41. The third-order valence-corrected chi connectivity index (χ3v) is 2.94. The van der Waals surface area contributed by atoms with E-state index in [-0.39, 0.29) is 18.5 Å². The summed E-state index contributed by atoms with van der Waals surface area (Å²) in [5, 5.41) is 2.78. The molecule has 0 saturated carbocycles. The number of carbonyl (C=O) groups excluding carboxylic acids is 1.